The zero-order valence-corrected chi connectivity index (χ0v) is 10.6. The molecular weight excluding hydrogens is 241 g/mol. The molecule has 1 heterocycles. The molecule has 0 amide bonds. The normalized spacial score (nSPS) is 23.9. The minimum atomic E-state index is -0.296. The van der Waals surface area contributed by atoms with E-state index in [9.17, 15) is 9.18 Å². The van der Waals surface area contributed by atoms with E-state index >= 15 is 0 Å². The van der Waals surface area contributed by atoms with E-state index < -0.39 is 0 Å². The van der Waals surface area contributed by atoms with Crippen molar-refractivity contribution in [2.45, 2.75) is 13.3 Å². The molecule has 17 heavy (non-hydrogen) atoms. The molecule has 2 unspecified atom stereocenters. The highest BCUT2D eigenvalue weighted by atomic mass is 35.5. The third kappa shape index (κ3) is 3.27. The van der Waals surface area contributed by atoms with E-state index in [-0.39, 0.29) is 29.9 Å². The van der Waals surface area contributed by atoms with Crippen molar-refractivity contribution >= 4 is 18.2 Å². The maximum Gasteiger partial charge on any atom is 0.166 e. The van der Waals surface area contributed by atoms with Gasteiger partial charge in [0.1, 0.15) is 5.82 Å². The van der Waals surface area contributed by atoms with E-state index in [4.69, 9.17) is 0 Å². The summed E-state index contributed by atoms with van der Waals surface area (Å²) in [6, 6.07) is 5.84. The first-order chi connectivity index (χ1) is 7.68. The predicted molar refractivity (Wildman–Crippen MR) is 68.1 cm³/mol. The van der Waals surface area contributed by atoms with Crippen LogP contribution in [0.5, 0.6) is 0 Å². The van der Waals surface area contributed by atoms with Crippen molar-refractivity contribution in [1.29, 1.82) is 0 Å². The van der Waals surface area contributed by atoms with Gasteiger partial charge in [0.05, 0.1) is 0 Å². The molecular formula is C13H17ClFNO. The first-order valence-corrected chi connectivity index (χ1v) is 5.69. The summed E-state index contributed by atoms with van der Waals surface area (Å²) in [4.78, 5) is 12.2. The van der Waals surface area contributed by atoms with Gasteiger partial charge in [-0.2, -0.15) is 0 Å². The predicted octanol–water partition coefficient (Wildman–Crippen LogP) is 2.68. The topological polar surface area (TPSA) is 29.1 Å². The molecule has 1 aromatic rings. The first kappa shape index (κ1) is 14.1. The molecule has 1 fully saturated rings. The lowest BCUT2D eigenvalue weighted by molar-refractivity contribution is 0.0848. The Morgan fingerprint density at radius 3 is 2.59 bits per heavy atom. The van der Waals surface area contributed by atoms with Crippen LogP contribution in [-0.2, 0) is 0 Å². The van der Waals surface area contributed by atoms with Crippen LogP contribution in [0, 0.1) is 17.7 Å². The van der Waals surface area contributed by atoms with E-state index in [0.29, 0.717) is 11.5 Å². The SMILES string of the molecule is CC1CNCCC1C(=O)c1ccc(F)cc1.Cl. The average Bonchev–Trinajstić information content (AvgIpc) is 2.30. The fourth-order valence-electron chi connectivity index (χ4n) is 2.23. The number of rotatable bonds is 2. The Bertz CT molecular complexity index is 380. The summed E-state index contributed by atoms with van der Waals surface area (Å²) < 4.78 is 12.7. The van der Waals surface area contributed by atoms with E-state index in [1.165, 1.54) is 12.1 Å². The van der Waals surface area contributed by atoms with Crippen LogP contribution in [0.3, 0.4) is 0 Å². The number of nitrogens with one attached hydrogen (secondary N) is 1. The van der Waals surface area contributed by atoms with Crippen molar-refractivity contribution in [1.82, 2.24) is 5.32 Å². The van der Waals surface area contributed by atoms with Crippen molar-refractivity contribution in [2.24, 2.45) is 11.8 Å². The van der Waals surface area contributed by atoms with Gasteiger partial charge < -0.3 is 5.32 Å². The highest BCUT2D eigenvalue weighted by Gasteiger charge is 2.28. The molecule has 0 saturated carbocycles. The van der Waals surface area contributed by atoms with Gasteiger partial charge in [-0.15, -0.1) is 12.4 Å². The Balaban J connectivity index is 0.00000144. The fourth-order valence-corrected chi connectivity index (χ4v) is 2.23. The Labute approximate surface area is 107 Å². The van der Waals surface area contributed by atoms with Crippen molar-refractivity contribution in [3.8, 4) is 0 Å². The molecule has 4 heteroatoms. The Hall–Kier alpha value is -0.930. The van der Waals surface area contributed by atoms with Crippen LogP contribution >= 0.6 is 12.4 Å². The van der Waals surface area contributed by atoms with Crippen LogP contribution in [0.4, 0.5) is 4.39 Å². The maximum atomic E-state index is 12.7. The highest BCUT2D eigenvalue weighted by Crippen LogP contribution is 2.23. The minimum Gasteiger partial charge on any atom is -0.316 e. The summed E-state index contributed by atoms with van der Waals surface area (Å²) >= 11 is 0. The second kappa shape index (κ2) is 6.12. The third-order valence-corrected chi connectivity index (χ3v) is 3.25. The van der Waals surface area contributed by atoms with Crippen molar-refractivity contribution in [2.75, 3.05) is 13.1 Å². The maximum absolute atomic E-state index is 12.7. The Kier molecular flexibility index (Phi) is 5.09. The lowest BCUT2D eigenvalue weighted by atomic mass is 9.82. The smallest absolute Gasteiger partial charge is 0.166 e. The molecule has 0 bridgehead atoms. The van der Waals surface area contributed by atoms with Crippen LogP contribution in [0.25, 0.3) is 0 Å². The van der Waals surface area contributed by atoms with Crippen LogP contribution < -0.4 is 5.32 Å². The number of hydrogen-bond donors (Lipinski definition) is 1. The van der Waals surface area contributed by atoms with Gasteiger partial charge in [-0.1, -0.05) is 6.92 Å². The second-order valence-electron chi connectivity index (χ2n) is 4.45. The number of Topliss-reactive ketones (excluding diaryl/α,β-unsaturated/α-hetero) is 1. The number of ketones is 1. The standard InChI is InChI=1S/C13H16FNO.ClH/c1-9-8-15-7-6-12(9)13(16)10-2-4-11(14)5-3-10;/h2-5,9,12,15H,6-8H2,1H3;1H. The lowest BCUT2D eigenvalue weighted by Gasteiger charge is -2.28. The van der Waals surface area contributed by atoms with Crippen molar-refractivity contribution in [3.05, 3.63) is 35.6 Å². The quantitative estimate of drug-likeness (QED) is 0.826. The molecule has 2 nitrogen and oxygen atoms in total. The molecule has 2 atom stereocenters. The zero-order valence-electron chi connectivity index (χ0n) is 9.78. The molecule has 94 valence electrons. The Morgan fingerprint density at radius 2 is 2.00 bits per heavy atom. The van der Waals surface area contributed by atoms with Crippen LogP contribution in [0.1, 0.15) is 23.7 Å². The van der Waals surface area contributed by atoms with Crippen LogP contribution in [0.15, 0.2) is 24.3 Å². The molecule has 0 spiro atoms. The largest absolute Gasteiger partial charge is 0.316 e. The van der Waals surface area contributed by atoms with Gasteiger partial charge in [-0.05, 0) is 49.7 Å². The summed E-state index contributed by atoms with van der Waals surface area (Å²) in [6.07, 6.45) is 0.872. The van der Waals surface area contributed by atoms with E-state index in [2.05, 4.69) is 12.2 Å². The number of carbonyl (C=O) groups excluding carboxylic acids is 1. The van der Waals surface area contributed by atoms with E-state index in [1.807, 2.05) is 0 Å². The van der Waals surface area contributed by atoms with Gasteiger partial charge in [0.2, 0.25) is 0 Å². The molecule has 0 radical (unpaired) electrons. The van der Waals surface area contributed by atoms with Gasteiger partial charge in [0.25, 0.3) is 0 Å². The number of benzene rings is 1. The number of halogens is 2. The van der Waals surface area contributed by atoms with Gasteiger partial charge in [-0.3, -0.25) is 4.79 Å². The van der Waals surface area contributed by atoms with E-state index in [1.54, 1.807) is 12.1 Å². The first-order valence-electron chi connectivity index (χ1n) is 5.69. The molecule has 1 aliphatic rings. The van der Waals surface area contributed by atoms with Crippen LogP contribution in [-0.4, -0.2) is 18.9 Å². The third-order valence-electron chi connectivity index (χ3n) is 3.25. The highest BCUT2D eigenvalue weighted by molar-refractivity contribution is 5.98. The minimum absolute atomic E-state index is 0. The second-order valence-corrected chi connectivity index (χ2v) is 4.45. The van der Waals surface area contributed by atoms with Crippen molar-refractivity contribution in [3.63, 3.8) is 0 Å². The molecule has 1 N–H and O–H groups in total. The van der Waals surface area contributed by atoms with Crippen molar-refractivity contribution < 1.29 is 9.18 Å². The average molecular weight is 258 g/mol. The Morgan fingerprint density at radius 1 is 1.35 bits per heavy atom. The van der Waals surface area contributed by atoms with E-state index in [0.717, 1.165) is 19.5 Å². The number of piperidine rings is 1. The lowest BCUT2D eigenvalue weighted by Crippen LogP contribution is -2.38. The molecule has 0 aliphatic carbocycles. The molecule has 0 aromatic heterocycles. The summed E-state index contributed by atoms with van der Waals surface area (Å²) in [6.45, 7) is 3.86. The summed E-state index contributed by atoms with van der Waals surface area (Å²) in [5.41, 5.74) is 0.625. The number of carbonyl (C=O) groups is 1. The summed E-state index contributed by atoms with van der Waals surface area (Å²) in [5, 5.41) is 3.27. The van der Waals surface area contributed by atoms with Crippen LogP contribution in [0.2, 0.25) is 0 Å². The zero-order chi connectivity index (χ0) is 11.5. The number of hydrogen-bond acceptors (Lipinski definition) is 2. The monoisotopic (exact) mass is 257 g/mol. The summed E-state index contributed by atoms with van der Waals surface area (Å²) in [7, 11) is 0. The molecule has 2 rings (SSSR count). The summed E-state index contributed by atoms with van der Waals surface area (Å²) in [5.74, 6) is 0.280. The molecule has 1 aromatic carbocycles. The van der Waals surface area contributed by atoms with Gasteiger partial charge >= 0.3 is 0 Å². The molecule has 1 aliphatic heterocycles. The fraction of sp³-hybridized carbons (Fsp3) is 0.462. The van der Waals surface area contributed by atoms with Gasteiger partial charge in [0, 0.05) is 11.5 Å². The molecule has 1 saturated heterocycles. The van der Waals surface area contributed by atoms with Gasteiger partial charge in [-0.25, -0.2) is 4.39 Å². The van der Waals surface area contributed by atoms with Gasteiger partial charge in [0.15, 0.2) is 5.78 Å².